The van der Waals surface area contributed by atoms with Gasteiger partial charge in [-0.05, 0) is 51.1 Å². The Kier molecular flexibility index (Phi) is 4.94. The van der Waals surface area contributed by atoms with E-state index in [1.807, 2.05) is 38.1 Å². The molecule has 1 aromatic carbocycles. The molecule has 4 aromatic rings. The number of benzene rings is 1. The van der Waals surface area contributed by atoms with Crippen molar-refractivity contribution in [3.05, 3.63) is 88.1 Å². The predicted octanol–water partition coefficient (Wildman–Crippen LogP) is 4.47. The average molecular weight is 406 g/mol. The Morgan fingerprint density at radius 2 is 1.90 bits per heavy atom. The number of hydrogen-bond acceptors (Lipinski definition) is 3. The quantitative estimate of drug-likeness (QED) is 0.402. The number of imidazole rings is 1. The minimum atomic E-state index is -0.342. The van der Waals surface area contributed by atoms with Gasteiger partial charge in [-0.25, -0.2) is 10.4 Å². The summed E-state index contributed by atoms with van der Waals surface area (Å²) in [5, 5.41) is 4.69. The summed E-state index contributed by atoms with van der Waals surface area (Å²) < 4.78 is 3.82. The van der Waals surface area contributed by atoms with E-state index < -0.39 is 0 Å². The van der Waals surface area contributed by atoms with Gasteiger partial charge in [-0.15, -0.1) is 0 Å². The number of para-hydroxylation sites is 1. The van der Waals surface area contributed by atoms with Crippen LogP contribution in [0.5, 0.6) is 0 Å². The van der Waals surface area contributed by atoms with Gasteiger partial charge >= 0.3 is 0 Å². The smallest absolute Gasteiger partial charge is 0.290 e. The van der Waals surface area contributed by atoms with Crippen LogP contribution in [-0.2, 0) is 0 Å². The first kappa shape index (κ1) is 19.0. The van der Waals surface area contributed by atoms with Gasteiger partial charge in [0.2, 0.25) is 0 Å². The number of pyridine rings is 1. The molecule has 0 aliphatic heterocycles. The molecule has 0 radical (unpaired) electrons. The van der Waals surface area contributed by atoms with Crippen molar-refractivity contribution in [3.8, 4) is 5.69 Å². The van der Waals surface area contributed by atoms with E-state index in [-0.39, 0.29) is 5.91 Å². The molecule has 0 aliphatic carbocycles. The van der Waals surface area contributed by atoms with E-state index in [0.29, 0.717) is 22.1 Å². The van der Waals surface area contributed by atoms with Crippen LogP contribution in [0.15, 0.2) is 59.8 Å². The molecule has 146 valence electrons. The summed E-state index contributed by atoms with van der Waals surface area (Å²) in [5.41, 5.74) is 8.44. The number of carbonyl (C=O) groups excluding carboxylic acids is 1. The Balaban J connectivity index is 1.58. The minimum Gasteiger partial charge on any atom is -0.318 e. The van der Waals surface area contributed by atoms with E-state index in [0.717, 1.165) is 22.6 Å². The fraction of sp³-hybridized carbons (Fsp3) is 0.136. The molecule has 3 aromatic heterocycles. The molecule has 4 rings (SSSR count). The van der Waals surface area contributed by atoms with Crippen molar-refractivity contribution in [2.24, 2.45) is 5.10 Å². The first-order valence-electron chi connectivity index (χ1n) is 9.17. The Morgan fingerprint density at radius 3 is 2.66 bits per heavy atom. The molecular formula is C22H20ClN5O. The normalized spacial score (nSPS) is 11.4. The van der Waals surface area contributed by atoms with Crippen LogP contribution in [0.3, 0.4) is 0 Å². The number of halogens is 1. The fourth-order valence-corrected chi connectivity index (χ4v) is 3.68. The van der Waals surface area contributed by atoms with E-state index in [9.17, 15) is 4.79 Å². The topological polar surface area (TPSA) is 63.7 Å². The van der Waals surface area contributed by atoms with Gasteiger partial charge in [0.1, 0.15) is 11.3 Å². The molecule has 3 heterocycles. The highest BCUT2D eigenvalue weighted by atomic mass is 35.5. The van der Waals surface area contributed by atoms with E-state index in [1.54, 1.807) is 35.9 Å². The maximum absolute atomic E-state index is 12.7. The van der Waals surface area contributed by atoms with Crippen LogP contribution in [-0.4, -0.2) is 26.1 Å². The minimum absolute atomic E-state index is 0.342. The number of hydrogen-bond donors (Lipinski definition) is 1. The van der Waals surface area contributed by atoms with E-state index in [4.69, 9.17) is 11.6 Å². The largest absolute Gasteiger partial charge is 0.318 e. The molecule has 29 heavy (non-hydrogen) atoms. The summed E-state index contributed by atoms with van der Waals surface area (Å²) >= 11 is 6.06. The molecule has 0 saturated heterocycles. The molecule has 6 nitrogen and oxygen atoms in total. The molecule has 1 N–H and O–H groups in total. The number of nitrogens with zero attached hydrogens (tertiary/aromatic N) is 4. The zero-order valence-electron chi connectivity index (χ0n) is 16.3. The molecule has 1 amide bonds. The van der Waals surface area contributed by atoms with E-state index >= 15 is 0 Å². The zero-order valence-corrected chi connectivity index (χ0v) is 17.1. The van der Waals surface area contributed by atoms with Crippen molar-refractivity contribution in [1.29, 1.82) is 0 Å². The lowest BCUT2D eigenvalue weighted by Crippen LogP contribution is -2.20. The summed E-state index contributed by atoms with van der Waals surface area (Å²) in [4.78, 5) is 17.1. The van der Waals surface area contributed by atoms with Gasteiger partial charge in [-0.2, -0.15) is 5.10 Å². The first-order valence-corrected chi connectivity index (χ1v) is 9.55. The number of hydrazone groups is 1. The highest BCUT2D eigenvalue weighted by Crippen LogP contribution is 2.19. The molecule has 0 spiro atoms. The molecule has 0 unspecified atom stereocenters. The zero-order chi connectivity index (χ0) is 20.5. The second kappa shape index (κ2) is 7.56. The lowest BCUT2D eigenvalue weighted by molar-refractivity contribution is 0.0948. The summed E-state index contributed by atoms with van der Waals surface area (Å²) in [6, 6.07) is 15.7. The summed E-state index contributed by atoms with van der Waals surface area (Å²) in [7, 11) is 0. The number of amides is 1. The number of aromatic nitrogens is 3. The monoisotopic (exact) mass is 405 g/mol. The van der Waals surface area contributed by atoms with Gasteiger partial charge in [-0.1, -0.05) is 29.8 Å². The maximum Gasteiger partial charge on any atom is 0.290 e. The molecule has 0 saturated carbocycles. The molecular weight excluding hydrogens is 386 g/mol. The van der Waals surface area contributed by atoms with Crippen LogP contribution < -0.4 is 5.43 Å². The summed E-state index contributed by atoms with van der Waals surface area (Å²) in [6.07, 6.45) is 3.33. The highest BCUT2D eigenvalue weighted by Gasteiger charge is 2.16. The van der Waals surface area contributed by atoms with Crippen LogP contribution in [0.2, 0.25) is 5.02 Å². The predicted molar refractivity (Wildman–Crippen MR) is 115 cm³/mol. The van der Waals surface area contributed by atoms with Gasteiger partial charge < -0.3 is 4.57 Å². The maximum atomic E-state index is 12.7. The highest BCUT2D eigenvalue weighted by molar-refractivity contribution is 6.30. The van der Waals surface area contributed by atoms with Gasteiger partial charge in [-0.3, -0.25) is 9.20 Å². The Morgan fingerprint density at radius 1 is 1.14 bits per heavy atom. The lowest BCUT2D eigenvalue weighted by Gasteiger charge is -2.09. The van der Waals surface area contributed by atoms with Gasteiger partial charge in [0.25, 0.3) is 5.91 Å². The molecule has 0 aliphatic rings. The van der Waals surface area contributed by atoms with Crippen LogP contribution >= 0.6 is 11.6 Å². The van der Waals surface area contributed by atoms with Gasteiger partial charge in [0.05, 0.1) is 16.9 Å². The van der Waals surface area contributed by atoms with Crippen molar-refractivity contribution in [3.63, 3.8) is 0 Å². The summed E-state index contributed by atoms with van der Waals surface area (Å²) in [6.45, 7) is 5.86. The lowest BCUT2D eigenvalue weighted by atomic mass is 10.2. The second-order valence-electron chi connectivity index (χ2n) is 6.82. The third-order valence-electron chi connectivity index (χ3n) is 4.83. The first-order chi connectivity index (χ1) is 14.0. The third kappa shape index (κ3) is 3.54. The van der Waals surface area contributed by atoms with Crippen molar-refractivity contribution in [1.82, 2.24) is 19.4 Å². The fourth-order valence-electron chi connectivity index (χ4n) is 3.52. The number of aryl methyl sites for hydroxylation is 2. The van der Waals surface area contributed by atoms with Crippen molar-refractivity contribution in [2.75, 3.05) is 0 Å². The summed E-state index contributed by atoms with van der Waals surface area (Å²) in [5.74, 6) is -0.342. The van der Waals surface area contributed by atoms with E-state index in [2.05, 4.69) is 32.2 Å². The van der Waals surface area contributed by atoms with Crippen molar-refractivity contribution < 1.29 is 4.79 Å². The average Bonchev–Trinajstić information content (AvgIpc) is 3.17. The number of carbonyl (C=O) groups is 1. The Hall–Kier alpha value is -3.38. The van der Waals surface area contributed by atoms with Crippen LogP contribution in [0.4, 0.5) is 0 Å². The van der Waals surface area contributed by atoms with Crippen LogP contribution in [0.25, 0.3) is 11.3 Å². The molecule has 0 bridgehead atoms. The number of nitrogens with one attached hydrogen (secondary N) is 1. The second-order valence-corrected chi connectivity index (χ2v) is 7.25. The Bertz CT molecular complexity index is 1240. The SMILES string of the molecule is Cc1nc2ccc(Cl)cn2c1C(=O)NN=Cc1cc(C)n(-c2ccccc2)c1C. The Labute approximate surface area is 173 Å². The van der Waals surface area contributed by atoms with E-state index in [1.165, 1.54) is 0 Å². The van der Waals surface area contributed by atoms with Gasteiger partial charge in [0.15, 0.2) is 0 Å². The standard InChI is InChI=1S/C22H20ClN5O/c1-14-11-17(16(3)28(14)19-7-5-4-6-8-19)12-24-26-22(29)21-15(2)25-20-10-9-18(23)13-27(20)21/h4-13H,1-3H3,(H,26,29). The number of fused-ring (bicyclic) bond motifs is 1. The third-order valence-corrected chi connectivity index (χ3v) is 5.05. The number of rotatable bonds is 4. The van der Waals surface area contributed by atoms with Crippen molar-refractivity contribution in [2.45, 2.75) is 20.8 Å². The van der Waals surface area contributed by atoms with Crippen LogP contribution in [0, 0.1) is 20.8 Å². The van der Waals surface area contributed by atoms with Crippen molar-refractivity contribution >= 4 is 29.4 Å². The molecule has 7 heteroatoms. The van der Waals surface area contributed by atoms with Gasteiger partial charge in [0, 0.05) is 28.8 Å². The molecule has 0 atom stereocenters. The molecule has 0 fully saturated rings. The van der Waals surface area contributed by atoms with Crippen LogP contribution in [0.1, 0.15) is 33.1 Å².